The van der Waals surface area contributed by atoms with Crippen LogP contribution in [0.3, 0.4) is 0 Å². The van der Waals surface area contributed by atoms with Gasteiger partial charge >= 0.3 is 0 Å². The van der Waals surface area contributed by atoms with E-state index in [1.165, 1.54) is 21.5 Å². The zero-order valence-electron chi connectivity index (χ0n) is 37.1. The molecular formula is C62H39N7. The first-order chi connectivity index (χ1) is 34.2. The number of hydrogen-bond donors (Lipinski definition) is 0. The molecule has 14 aromatic rings. The molecule has 7 heteroatoms. The van der Waals surface area contributed by atoms with Crippen molar-refractivity contribution in [3.8, 4) is 62.0 Å². The molecule has 7 nitrogen and oxygen atoms in total. The number of benzene rings is 7. The number of fused-ring (bicyclic) bond motifs is 9. The first-order valence-corrected chi connectivity index (χ1v) is 23.2. The molecule has 69 heavy (non-hydrogen) atoms. The summed E-state index contributed by atoms with van der Waals surface area (Å²) in [5, 5.41) is 4.70. The van der Waals surface area contributed by atoms with Crippen LogP contribution in [0.4, 0.5) is 0 Å². The second-order valence-electron chi connectivity index (χ2n) is 17.5. The Morgan fingerprint density at radius 3 is 1.71 bits per heavy atom. The molecule has 0 atom stereocenters. The highest BCUT2D eigenvalue weighted by molar-refractivity contribution is 6.13. The molecule has 0 aliphatic carbocycles. The molecule has 0 aliphatic heterocycles. The summed E-state index contributed by atoms with van der Waals surface area (Å²) in [5.41, 5.74) is 18.5. The van der Waals surface area contributed by atoms with Crippen LogP contribution in [0, 0.1) is 0 Å². The average Bonchev–Trinajstić information content (AvgIpc) is 4.06. The number of para-hydroxylation sites is 3. The van der Waals surface area contributed by atoms with Crippen LogP contribution < -0.4 is 0 Å². The number of hydrogen-bond acceptors (Lipinski definition) is 4. The van der Waals surface area contributed by atoms with Gasteiger partial charge in [-0.1, -0.05) is 133 Å². The van der Waals surface area contributed by atoms with Gasteiger partial charge in [0.05, 0.1) is 56.4 Å². The molecule has 7 aromatic heterocycles. The van der Waals surface area contributed by atoms with Gasteiger partial charge in [0, 0.05) is 50.8 Å². The molecule has 0 fully saturated rings. The Hall–Kier alpha value is -9.46. The predicted molar refractivity (Wildman–Crippen MR) is 282 cm³/mol. The van der Waals surface area contributed by atoms with Gasteiger partial charge in [-0.25, -0.2) is 9.97 Å². The van der Waals surface area contributed by atoms with Crippen molar-refractivity contribution < 1.29 is 0 Å². The quantitative estimate of drug-likeness (QED) is 0.160. The van der Waals surface area contributed by atoms with Crippen LogP contribution >= 0.6 is 0 Å². The molecule has 0 spiro atoms. The molecule has 0 bridgehead atoms. The van der Waals surface area contributed by atoms with Gasteiger partial charge in [0.25, 0.3) is 0 Å². The van der Waals surface area contributed by atoms with Crippen LogP contribution in [0.5, 0.6) is 0 Å². The third kappa shape index (κ3) is 6.29. The van der Waals surface area contributed by atoms with Gasteiger partial charge in [0.15, 0.2) is 0 Å². The average molecular weight is 882 g/mol. The highest BCUT2D eigenvalue weighted by atomic mass is 15.1. The Balaban J connectivity index is 0.900. The lowest BCUT2D eigenvalue weighted by molar-refractivity contribution is 1.08. The van der Waals surface area contributed by atoms with E-state index >= 15 is 0 Å². The molecule has 0 radical (unpaired) electrons. The van der Waals surface area contributed by atoms with Gasteiger partial charge in [-0.2, -0.15) is 0 Å². The minimum absolute atomic E-state index is 0.837. The van der Waals surface area contributed by atoms with Crippen molar-refractivity contribution in [1.29, 1.82) is 0 Å². The molecule has 14 rings (SSSR count). The Morgan fingerprint density at radius 1 is 0.290 bits per heavy atom. The van der Waals surface area contributed by atoms with Gasteiger partial charge in [0.1, 0.15) is 16.9 Å². The largest absolute Gasteiger partial charge is 0.308 e. The molecule has 7 aromatic carbocycles. The fourth-order valence-electron chi connectivity index (χ4n) is 10.4. The van der Waals surface area contributed by atoms with Gasteiger partial charge in [-0.15, -0.1) is 0 Å². The van der Waals surface area contributed by atoms with Crippen LogP contribution in [0.2, 0.25) is 0 Å². The lowest BCUT2D eigenvalue weighted by Gasteiger charge is -2.13. The second kappa shape index (κ2) is 15.6. The van der Waals surface area contributed by atoms with Crippen molar-refractivity contribution in [2.24, 2.45) is 0 Å². The van der Waals surface area contributed by atoms with E-state index in [-0.39, 0.29) is 0 Å². The summed E-state index contributed by atoms with van der Waals surface area (Å²) >= 11 is 0. The van der Waals surface area contributed by atoms with Gasteiger partial charge in [0.2, 0.25) is 0 Å². The Kier molecular flexibility index (Phi) is 8.75. The molecule has 0 unspecified atom stereocenters. The number of pyridine rings is 4. The summed E-state index contributed by atoms with van der Waals surface area (Å²) in [6.07, 6.45) is 5.69. The second-order valence-corrected chi connectivity index (χ2v) is 17.5. The first-order valence-electron chi connectivity index (χ1n) is 23.2. The van der Waals surface area contributed by atoms with Gasteiger partial charge in [-0.3, -0.25) is 14.5 Å². The van der Waals surface area contributed by atoms with Crippen molar-refractivity contribution in [2.45, 2.75) is 0 Å². The maximum atomic E-state index is 5.39. The molecule has 0 saturated carbocycles. The van der Waals surface area contributed by atoms with Crippen LogP contribution in [0.15, 0.2) is 237 Å². The minimum atomic E-state index is 0.837. The molecule has 0 amide bonds. The Morgan fingerprint density at radius 2 is 0.899 bits per heavy atom. The summed E-state index contributed by atoms with van der Waals surface area (Å²) < 4.78 is 6.89. The Bertz CT molecular complexity index is 4240. The van der Waals surface area contributed by atoms with Gasteiger partial charge < -0.3 is 9.13 Å². The van der Waals surface area contributed by atoms with Crippen molar-refractivity contribution in [3.63, 3.8) is 0 Å². The summed E-state index contributed by atoms with van der Waals surface area (Å²) in [7, 11) is 0. The van der Waals surface area contributed by atoms with Crippen molar-refractivity contribution in [1.82, 2.24) is 33.6 Å². The van der Waals surface area contributed by atoms with Crippen molar-refractivity contribution in [2.75, 3.05) is 0 Å². The van der Waals surface area contributed by atoms with Crippen molar-refractivity contribution in [3.05, 3.63) is 237 Å². The molecule has 0 saturated heterocycles. The van der Waals surface area contributed by atoms with E-state index in [4.69, 9.17) is 19.9 Å². The molecule has 0 aliphatic rings. The van der Waals surface area contributed by atoms with E-state index in [2.05, 4.69) is 220 Å². The minimum Gasteiger partial charge on any atom is -0.308 e. The maximum absolute atomic E-state index is 5.39. The third-order valence-corrected chi connectivity index (χ3v) is 13.6. The summed E-state index contributed by atoms with van der Waals surface area (Å²) in [4.78, 5) is 20.3. The van der Waals surface area contributed by atoms with Crippen LogP contribution in [-0.4, -0.2) is 33.6 Å². The monoisotopic (exact) mass is 881 g/mol. The summed E-state index contributed by atoms with van der Waals surface area (Å²) in [5.74, 6) is 0.874. The maximum Gasteiger partial charge on any atom is 0.138 e. The zero-order chi connectivity index (χ0) is 45.4. The standard InChI is InChI=1S/C62H39N7/c1-4-15-40(16-5-1)44-35-53(41-17-6-2-7-18-41)65-60(37-44)69-55-24-13-10-21-48(55)50-28-26-43(36-59(50)69)42-27-30-56-51(34-42)49-22-11-12-23-54(49)68(56)47-33-45(38-63-39-47)52-29-31-58-62(66-52)61-57(25-14-32-64-61)67(58)46-19-8-3-9-20-46/h1-39H. The number of nitrogens with zero attached hydrogens (tertiary/aromatic N) is 7. The summed E-state index contributed by atoms with van der Waals surface area (Å²) in [6, 6.07) is 77.4. The molecule has 322 valence electrons. The van der Waals surface area contributed by atoms with Crippen LogP contribution in [0.1, 0.15) is 0 Å². The highest BCUT2D eigenvalue weighted by Crippen LogP contribution is 2.40. The van der Waals surface area contributed by atoms with E-state index in [1.807, 2.05) is 30.7 Å². The Labute approximate surface area is 396 Å². The predicted octanol–water partition coefficient (Wildman–Crippen LogP) is 15.2. The molecule has 0 N–H and O–H groups in total. The lowest BCUT2D eigenvalue weighted by atomic mass is 10.0. The fraction of sp³-hybridized carbons (Fsp3) is 0. The van der Waals surface area contributed by atoms with Gasteiger partial charge in [-0.05, 0) is 107 Å². The third-order valence-electron chi connectivity index (χ3n) is 13.6. The lowest BCUT2D eigenvalue weighted by Crippen LogP contribution is -2.00. The highest BCUT2D eigenvalue weighted by Gasteiger charge is 2.20. The summed E-state index contributed by atoms with van der Waals surface area (Å²) in [6.45, 7) is 0. The van der Waals surface area contributed by atoms with E-state index in [1.54, 1.807) is 0 Å². The number of aromatic nitrogens is 7. The molecular weight excluding hydrogens is 843 g/mol. The van der Waals surface area contributed by atoms with E-state index in [0.717, 1.165) is 106 Å². The zero-order valence-corrected chi connectivity index (χ0v) is 37.1. The fourth-order valence-corrected chi connectivity index (χ4v) is 10.4. The first kappa shape index (κ1) is 38.8. The normalized spacial score (nSPS) is 11.8. The van der Waals surface area contributed by atoms with E-state index in [0.29, 0.717) is 0 Å². The molecule has 7 heterocycles. The van der Waals surface area contributed by atoms with E-state index < -0.39 is 0 Å². The topological polar surface area (TPSA) is 66.3 Å². The smallest absolute Gasteiger partial charge is 0.138 e. The van der Waals surface area contributed by atoms with E-state index in [9.17, 15) is 0 Å². The SMILES string of the molecule is c1ccc(-c2cc(-c3ccccc3)nc(-n3c4ccccc4c4ccc(-c5ccc6c(c5)c5ccccc5n6-c5cncc(-c6ccc7c(n6)c6ncccc6n7-c6ccccc6)c5)cc43)c2)cc1. The van der Waals surface area contributed by atoms with Crippen LogP contribution in [0.25, 0.3) is 128 Å². The van der Waals surface area contributed by atoms with Crippen molar-refractivity contribution >= 4 is 65.7 Å². The van der Waals surface area contributed by atoms with Crippen LogP contribution in [-0.2, 0) is 0 Å². The number of rotatable bonds is 7.